The van der Waals surface area contributed by atoms with Gasteiger partial charge >= 0.3 is 0 Å². The Labute approximate surface area is 135 Å². The van der Waals surface area contributed by atoms with Crippen LogP contribution in [0.5, 0.6) is 0 Å². The molecule has 0 radical (unpaired) electrons. The predicted octanol–water partition coefficient (Wildman–Crippen LogP) is 0.929. The molecule has 2 saturated heterocycles. The number of piperidine rings is 1. The fourth-order valence-corrected chi connectivity index (χ4v) is 3.84. The van der Waals surface area contributed by atoms with Crippen LogP contribution in [0.1, 0.15) is 34.8 Å². The Morgan fingerprint density at radius 2 is 2.18 bits per heavy atom. The number of nitrogens with two attached hydrogens (primary N) is 1. The average Bonchev–Trinajstić information content (AvgIpc) is 3.05. The summed E-state index contributed by atoms with van der Waals surface area (Å²) in [6.07, 6.45) is 3.36. The Bertz CT molecular complexity index is 501. The maximum absolute atomic E-state index is 12.8. The Morgan fingerprint density at radius 1 is 1.36 bits per heavy atom. The lowest BCUT2D eigenvalue weighted by Crippen LogP contribution is -2.51. The molecule has 7 heteroatoms. The van der Waals surface area contributed by atoms with Gasteiger partial charge in [-0.25, -0.2) is 4.98 Å². The molecule has 1 aromatic rings. The Kier molecular flexibility index (Phi) is 5.41. The van der Waals surface area contributed by atoms with Crippen molar-refractivity contribution < 1.29 is 9.53 Å². The molecule has 6 nitrogen and oxygen atoms in total. The smallest absolute Gasteiger partial charge is 0.273 e. The first-order valence-corrected chi connectivity index (χ1v) is 8.91. The van der Waals surface area contributed by atoms with E-state index in [1.54, 1.807) is 0 Å². The first kappa shape index (κ1) is 15.9. The topological polar surface area (TPSA) is 71.7 Å². The highest BCUT2D eigenvalue weighted by Gasteiger charge is 2.30. The molecule has 0 spiro atoms. The molecular weight excluding hydrogens is 300 g/mol. The summed E-state index contributed by atoms with van der Waals surface area (Å²) in [5.41, 5.74) is 6.15. The highest BCUT2D eigenvalue weighted by Crippen LogP contribution is 2.22. The Balaban J connectivity index is 1.67. The number of amides is 1. The molecule has 0 bridgehead atoms. The maximum atomic E-state index is 12.8. The van der Waals surface area contributed by atoms with E-state index >= 15 is 0 Å². The zero-order valence-electron chi connectivity index (χ0n) is 12.9. The van der Waals surface area contributed by atoms with Crippen molar-refractivity contribution in [3.8, 4) is 0 Å². The van der Waals surface area contributed by atoms with Gasteiger partial charge in [0.1, 0.15) is 10.7 Å². The second kappa shape index (κ2) is 7.50. The van der Waals surface area contributed by atoms with Crippen molar-refractivity contribution in [1.82, 2.24) is 14.8 Å². The van der Waals surface area contributed by atoms with Gasteiger partial charge in [-0.15, -0.1) is 11.3 Å². The molecule has 122 valence electrons. The van der Waals surface area contributed by atoms with E-state index in [-0.39, 0.29) is 5.91 Å². The second-order valence-electron chi connectivity index (χ2n) is 5.89. The molecule has 2 fully saturated rings. The van der Waals surface area contributed by atoms with Crippen molar-refractivity contribution in [2.45, 2.75) is 31.8 Å². The summed E-state index contributed by atoms with van der Waals surface area (Å²) in [4.78, 5) is 21.6. The lowest BCUT2D eigenvalue weighted by atomic mass is 10.0. The number of rotatable bonds is 4. The van der Waals surface area contributed by atoms with Crippen LogP contribution >= 0.6 is 11.3 Å². The van der Waals surface area contributed by atoms with Gasteiger partial charge in [0.15, 0.2) is 0 Å². The van der Waals surface area contributed by atoms with Gasteiger partial charge in [-0.1, -0.05) is 0 Å². The fourth-order valence-electron chi connectivity index (χ4n) is 3.19. The summed E-state index contributed by atoms with van der Waals surface area (Å²) in [6, 6.07) is 0.294. The van der Waals surface area contributed by atoms with Crippen LogP contribution in [0, 0.1) is 0 Å². The van der Waals surface area contributed by atoms with Crippen LogP contribution in [-0.4, -0.2) is 66.1 Å². The lowest BCUT2D eigenvalue weighted by Gasteiger charge is -2.39. The highest BCUT2D eigenvalue weighted by atomic mass is 32.1. The minimum atomic E-state index is 0.0638. The Morgan fingerprint density at radius 3 is 2.91 bits per heavy atom. The zero-order chi connectivity index (χ0) is 15.4. The van der Waals surface area contributed by atoms with Crippen LogP contribution in [0.25, 0.3) is 0 Å². The summed E-state index contributed by atoms with van der Waals surface area (Å²) < 4.78 is 5.40. The van der Waals surface area contributed by atoms with Gasteiger partial charge in [-0.3, -0.25) is 9.69 Å². The molecule has 0 unspecified atom stereocenters. The standard InChI is InChI=1S/C15H24N4O2S/c16-9-14-17-13(11-22-14)15(20)19-4-2-1-3-12(19)10-18-5-7-21-8-6-18/h11-12H,1-10,16H2/t12-/m1/s1. The number of morpholine rings is 1. The first-order chi connectivity index (χ1) is 10.8. The molecule has 0 saturated carbocycles. The van der Waals surface area contributed by atoms with Crippen molar-refractivity contribution in [3.05, 3.63) is 16.1 Å². The number of aromatic nitrogens is 1. The molecular formula is C15H24N4O2S. The van der Waals surface area contributed by atoms with E-state index < -0.39 is 0 Å². The van der Waals surface area contributed by atoms with Gasteiger partial charge in [0.05, 0.1) is 13.2 Å². The van der Waals surface area contributed by atoms with Crippen molar-refractivity contribution in [1.29, 1.82) is 0 Å². The molecule has 1 amide bonds. The molecule has 0 aliphatic carbocycles. The van der Waals surface area contributed by atoms with Crippen LogP contribution in [0.3, 0.4) is 0 Å². The normalized spacial score (nSPS) is 23.7. The summed E-state index contributed by atoms with van der Waals surface area (Å²) in [6.45, 7) is 5.71. The zero-order valence-corrected chi connectivity index (χ0v) is 13.7. The number of nitrogens with zero attached hydrogens (tertiary/aromatic N) is 3. The van der Waals surface area contributed by atoms with E-state index in [0.717, 1.165) is 57.2 Å². The Hall–Kier alpha value is -1.02. The SMILES string of the molecule is NCc1nc(C(=O)N2CCCC[C@@H]2CN2CCOCC2)cs1. The van der Waals surface area contributed by atoms with E-state index in [1.807, 2.05) is 10.3 Å². The third-order valence-corrected chi connectivity index (χ3v) is 5.28. The summed E-state index contributed by atoms with van der Waals surface area (Å²) in [5, 5.41) is 2.66. The van der Waals surface area contributed by atoms with Crippen molar-refractivity contribution in [2.24, 2.45) is 5.73 Å². The van der Waals surface area contributed by atoms with E-state index in [2.05, 4.69) is 9.88 Å². The molecule has 3 rings (SSSR count). The number of carbonyl (C=O) groups is 1. The van der Waals surface area contributed by atoms with E-state index in [0.29, 0.717) is 18.3 Å². The largest absolute Gasteiger partial charge is 0.379 e. The minimum absolute atomic E-state index is 0.0638. The number of thiazole rings is 1. The first-order valence-electron chi connectivity index (χ1n) is 8.03. The molecule has 1 aromatic heterocycles. The molecule has 2 aliphatic heterocycles. The van der Waals surface area contributed by atoms with Crippen LogP contribution in [0.2, 0.25) is 0 Å². The maximum Gasteiger partial charge on any atom is 0.273 e. The van der Waals surface area contributed by atoms with Crippen LogP contribution < -0.4 is 5.73 Å². The van der Waals surface area contributed by atoms with Crippen molar-refractivity contribution in [2.75, 3.05) is 39.4 Å². The fraction of sp³-hybridized carbons (Fsp3) is 0.733. The van der Waals surface area contributed by atoms with Gasteiger partial charge < -0.3 is 15.4 Å². The number of hydrogen-bond donors (Lipinski definition) is 1. The minimum Gasteiger partial charge on any atom is -0.379 e. The third kappa shape index (κ3) is 3.65. The summed E-state index contributed by atoms with van der Waals surface area (Å²) in [5.74, 6) is 0.0638. The highest BCUT2D eigenvalue weighted by molar-refractivity contribution is 7.09. The molecule has 22 heavy (non-hydrogen) atoms. The molecule has 1 atom stereocenters. The van der Waals surface area contributed by atoms with Crippen molar-refractivity contribution in [3.63, 3.8) is 0 Å². The van der Waals surface area contributed by atoms with Gasteiger partial charge in [-0.05, 0) is 19.3 Å². The number of carbonyl (C=O) groups excluding carboxylic acids is 1. The van der Waals surface area contributed by atoms with Crippen LogP contribution in [0.15, 0.2) is 5.38 Å². The van der Waals surface area contributed by atoms with Crippen LogP contribution in [0.4, 0.5) is 0 Å². The number of hydrogen-bond acceptors (Lipinski definition) is 6. The number of ether oxygens (including phenoxy) is 1. The lowest BCUT2D eigenvalue weighted by molar-refractivity contribution is 0.0165. The second-order valence-corrected chi connectivity index (χ2v) is 6.83. The van der Waals surface area contributed by atoms with Gasteiger partial charge in [-0.2, -0.15) is 0 Å². The quantitative estimate of drug-likeness (QED) is 0.892. The van der Waals surface area contributed by atoms with E-state index in [4.69, 9.17) is 10.5 Å². The summed E-state index contributed by atoms with van der Waals surface area (Å²) in [7, 11) is 0. The third-order valence-electron chi connectivity index (χ3n) is 4.41. The van der Waals surface area contributed by atoms with Gasteiger partial charge in [0.2, 0.25) is 0 Å². The average molecular weight is 324 g/mol. The monoisotopic (exact) mass is 324 g/mol. The molecule has 2 N–H and O–H groups in total. The van der Waals surface area contributed by atoms with Crippen LogP contribution in [-0.2, 0) is 11.3 Å². The molecule has 2 aliphatic rings. The number of likely N-dealkylation sites (tertiary alicyclic amines) is 1. The van der Waals surface area contributed by atoms with Crippen molar-refractivity contribution >= 4 is 17.2 Å². The van der Waals surface area contributed by atoms with Gasteiger partial charge in [0, 0.05) is 44.1 Å². The molecule has 3 heterocycles. The van der Waals surface area contributed by atoms with E-state index in [1.165, 1.54) is 17.8 Å². The molecule has 0 aromatic carbocycles. The summed E-state index contributed by atoms with van der Waals surface area (Å²) >= 11 is 1.47. The van der Waals surface area contributed by atoms with E-state index in [9.17, 15) is 4.79 Å². The van der Waals surface area contributed by atoms with Gasteiger partial charge in [0.25, 0.3) is 5.91 Å². The predicted molar refractivity (Wildman–Crippen MR) is 85.9 cm³/mol.